The smallest absolute Gasteiger partial charge is 0.268 e. The first-order valence-corrected chi connectivity index (χ1v) is 13.3. The van der Waals surface area contributed by atoms with E-state index in [4.69, 9.17) is 14.2 Å². The van der Waals surface area contributed by atoms with Crippen molar-refractivity contribution in [3.05, 3.63) is 58.7 Å². The second-order valence-corrected chi connectivity index (χ2v) is 10.8. The van der Waals surface area contributed by atoms with Crippen LogP contribution in [0.5, 0.6) is 17.2 Å². The first kappa shape index (κ1) is 26.7. The molecule has 3 aromatic rings. The molecule has 0 saturated heterocycles. The Labute approximate surface area is 213 Å². The number of sulfone groups is 1. The Morgan fingerprint density at radius 1 is 1.08 bits per heavy atom. The van der Waals surface area contributed by atoms with E-state index in [1.165, 1.54) is 13.2 Å². The molecular formula is C24H24N4O6S2. The zero-order chi connectivity index (χ0) is 26.3. The van der Waals surface area contributed by atoms with Gasteiger partial charge in [-0.2, -0.15) is 5.26 Å². The molecule has 0 spiro atoms. The van der Waals surface area contributed by atoms with Gasteiger partial charge in [-0.1, -0.05) is 29.5 Å². The molecule has 0 atom stereocenters. The predicted molar refractivity (Wildman–Crippen MR) is 135 cm³/mol. The number of amides is 1. The van der Waals surface area contributed by atoms with Crippen LogP contribution in [-0.2, 0) is 14.6 Å². The number of aromatic nitrogens is 2. The van der Waals surface area contributed by atoms with E-state index < -0.39 is 15.7 Å². The number of carbonyl (C=O) groups is 1. The van der Waals surface area contributed by atoms with Crippen LogP contribution in [0.15, 0.2) is 46.3 Å². The Bertz CT molecular complexity index is 1440. The average Bonchev–Trinajstić information content (AvgIpc) is 3.31. The van der Waals surface area contributed by atoms with Gasteiger partial charge in [0, 0.05) is 6.26 Å². The van der Waals surface area contributed by atoms with Gasteiger partial charge in [-0.15, -0.1) is 10.2 Å². The summed E-state index contributed by atoms with van der Waals surface area (Å²) in [5.41, 5.74) is 2.44. The molecule has 0 aliphatic heterocycles. The van der Waals surface area contributed by atoms with Crippen molar-refractivity contribution < 1.29 is 27.4 Å². The summed E-state index contributed by atoms with van der Waals surface area (Å²) in [7, 11) is -2.07. The topological polar surface area (TPSA) is 140 Å². The number of methoxy groups -OCH3 is 1. The van der Waals surface area contributed by atoms with Gasteiger partial charge < -0.3 is 14.2 Å². The van der Waals surface area contributed by atoms with Gasteiger partial charge in [-0.3, -0.25) is 10.1 Å². The Morgan fingerprint density at radius 3 is 2.44 bits per heavy atom. The normalized spacial score (nSPS) is 11.5. The number of carbonyl (C=O) groups excluding carboxylic acids is 1. The molecule has 2 aromatic carbocycles. The quantitative estimate of drug-likeness (QED) is 0.181. The van der Waals surface area contributed by atoms with Crippen molar-refractivity contribution in [2.45, 2.75) is 18.2 Å². The Balaban J connectivity index is 1.65. The number of rotatable bonds is 10. The van der Waals surface area contributed by atoms with E-state index in [0.29, 0.717) is 35.0 Å². The van der Waals surface area contributed by atoms with Gasteiger partial charge in [0.25, 0.3) is 5.91 Å². The average molecular weight is 529 g/mol. The van der Waals surface area contributed by atoms with Crippen LogP contribution in [0.2, 0.25) is 0 Å². The van der Waals surface area contributed by atoms with Crippen LogP contribution in [0.4, 0.5) is 5.13 Å². The molecule has 12 heteroatoms. The van der Waals surface area contributed by atoms with Gasteiger partial charge in [0.2, 0.25) is 19.3 Å². The monoisotopic (exact) mass is 528 g/mol. The molecular weight excluding hydrogens is 504 g/mol. The van der Waals surface area contributed by atoms with Crippen molar-refractivity contribution >= 4 is 38.3 Å². The van der Waals surface area contributed by atoms with E-state index in [9.17, 15) is 18.5 Å². The molecule has 0 saturated carbocycles. The molecule has 188 valence electrons. The van der Waals surface area contributed by atoms with Crippen LogP contribution in [0.3, 0.4) is 0 Å². The summed E-state index contributed by atoms with van der Waals surface area (Å²) in [6.07, 6.45) is 2.35. The lowest BCUT2D eigenvalue weighted by atomic mass is 10.1. The number of nitrogens with one attached hydrogen (secondary N) is 1. The summed E-state index contributed by atoms with van der Waals surface area (Å²) < 4.78 is 39.8. The van der Waals surface area contributed by atoms with Crippen LogP contribution in [0.1, 0.15) is 16.7 Å². The van der Waals surface area contributed by atoms with Crippen molar-refractivity contribution in [2.75, 3.05) is 31.9 Å². The lowest BCUT2D eigenvalue weighted by Crippen LogP contribution is -2.13. The zero-order valence-corrected chi connectivity index (χ0v) is 21.7. The number of hydrogen-bond donors (Lipinski definition) is 1. The maximum atomic E-state index is 12.5. The summed E-state index contributed by atoms with van der Waals surface area (Å²) in [4.78, 5) is 12.5. The van der Waals surface area contributed by atoms with Crippen LogP contribution >= 0.6 is 11.3 Å². The number of nitrogens with zero attached hydrogens (tertiary/aromatic N) is 3. The molecule has 0 radical (unpaired) electrons. The third-order valence-corrected chi connectivity index (χ3v) is 7.26. The molecule has 3 rings (SSSR count). The maximum absolute atomic E-state index is 12.5. The third-order valence-electron chi connectivity index (χ3n) is 4.75. The standard InChI is InChI=1S/C24H24N4O6S2/c1-15-5-6-16(2)20(11-15)34-10-9-33-19-8-7-17(13-21(19)32-3)12-18(14-25)22(29)26-23-27-28-24(35-23)36(4,30)31/h5-8,11-13H,9-10H2,1-4H3,(H,26,27,29)/b18-12-. The summed E-state index contributed by atoms with van der Waals surface area (Å²) in [5.74, 6) is 0.936. The lowest BCUT2D eigenvalue weighted by Gasteiger charge is -2.13. The second kappa shape index (κ2) is 11.7. The highest BCUT2D eigenvalue weighted by molar-refractivity contribution is 7.92. The molecule has 0 fully saturated rings. The van der Waals surface area contributed by atoms with Gasteiger partial charge in [0.15, 0.2) is 11.5 Å². The summed E-state index contributed by atoms with van der Waals surface area (Å²) >= 11 is 0.694. The summed E-state index contributed by atoms with van der Waals surface area (Å²) in [6, 6.07) is 12.8. The van der Waals surface area contributed by atoms with Crippen LogP contribution in [-0.4, -0.2) is 51.1 Å². The molecule has 10 nitrogen and oxygen atoms in total. The Kier molecular flexibility index (Phi) is 8.63. The van der Waals surface area contributed by atoms with Gasteiger partial charge in [0.1, 0.15) is 30.6 Å². The predicted octanol–water partition coefficient (Wildman–Crippen LogP) is 3.57. The SMILES string of the molecule is COc1cc(/C=C(/C#N)C(=O)Nc2nnc(S(C)(=O)=O)s2)ccc1OCCOc1cc(C)ccc1C. The number of nitriles is 1. The van der Waals surface area contributed by atoms with Crippen molar-refractivity contribution in [3.8, 4) is 23.3 Å². The second-order valence-electron chi connectivity index (χ2n) is 7.65. The van der Waals surface area contributed by atoms with Crippen molar-refractivity contribution in [1.82, 2.24) is 10.2 Å². The van der Waals surface area contributed by atoms with Crippen molar-refractivity contribution in [2.24, 2.45) is 0 Å². The van der Waals surface area contributed by atoms with Crippen molar-refractivity contribution in [3.63, 3.8) is 0 Å². The highest BCUT2D eigenvalue weighted by atomic mass is 32.2. The first-order chi connectivity index (χ1) is 17.1. The highest BCUT2D eigenvalue weighted by Gasteiger charge is 2.18. The summed E-state index contributed by atoms with van der Waals surface area (Å²) in [6.45, 7) is 4.58. The third kappa shape index (κ3) is 7.03. The minimum atomic E-state index is -3.55. The van der Waals surface area contributed by atoms with E-state index in [2.05, 4.69) is 15.5 Å². The van der Waals surface area contributed by atoms with Gasteiger partial charge >= 0.3 is 0 Å². The molecule has 36 heavy (non-hydrogen) atoms. The van der Waals surface area contributed by atoms with E-state index in [-0.39, 0.29) is 21.7 Å². The lowest BCUT2D eigenvalue weighted by molar-refractivity contribution is -0.112. The largest absolute Gasteiger partial charge is 0.493 e. The highest BCUT2D eigenvalue weighted by Crippen LogP contribution is 2.29. The Hall–Kier alpha value is -3.95. The van der Waals surface area contributed by atoms with E-state index in [0.717, 1.165) is 23.1 Å². The number of benzene rings is 2. The minimum absolute atomic E-state index is 0.0361. The zero-order valence-electron chi connectivity index (χ0n) is 20.1. The molecule has 1 amide bonds. The van der Waals surface area contributed by atoms with Gasteiger partial charge in [-0.05, 0) is 54.8 Å². The number of aryl methyl sites for hydroxylation is 2. The molecule has 0 aliphatic rings. The fourth-order valence-electron chi connectivity index (χ4n) is 2.95. The van der Waals surface area contributed by atoms with Crippen molar-refractivity contribution in [1.29, 1.82) is 5.26 Å². The number of anilines is 1. The fraction of sp³-hybridized carbons (Fsp3) is 0.250. The molecule has 0 bridgehead atoms. The molecule has 1 N–H and O–H groups in total. The van der Waals surface area contributed by atoms with E-state index in [1.54, 1.807) is 18.2 Å². The summed E-state index contributed by atoms with van der Waals surface area (Å²) in [5, 5.41) is 18.9. The van der Waals surface area contributed by atoms with E-state index in [1.807, 2.05) is 38.1 Å². The first-order valence-electron chi connectivity index (χ1n) is 10.6. The fourth-order valence-corrected chi connectivity index (χ4v) is 4.45. The van der Waals surface area contributed by atoms with Gasteiger partial charge in [-0.25, -0.2) is 8.42 Å². The van der Waals surface area contributed by atoms with Crippen LogP contribution in [0.25, 0.3) is 6.08 Å². The van der Waals surface area contributed by atoms with Crippen LogP contribution in [0, 0.1) is 25.2 Å². The van der Waals surface area contributed by atoms with E-state index >= 15 is 0 Å². The molecule has 0 aliphatic carbocycles. The number of hydrogen-bond acceptors (Lipinski definition) is 10. The van der Waals surface area contributed by atoms with Crippen LogP contribution < -0.4 is 19.5 Å². The molecule has 0 unspecified atom stereocenters. The number of ether oxygens (including phenoxy) is 3. The minimum Gasteiger partial charge on any atom is -0.493 e. The van der Waals surface area contributed by atoms with Gasteiger partial charge in [0.05, 0.1) is 7.11 Å². The Morgan fingerprint density at radius 2 is 1.81 bits per heavy atom. The molecule has 1 aromatic heterocycles. The maximum Gasteiger partial charge on any atom is 0.268 e. The molecule has 1 heterocycles.